The highest BCUT2D eigenvalue weighted by molar-refractivity contribution is 8.44. The van der Waals surface area contributed by atoms with E-state index in [0.29, 0.717) is 10.7 Å². The summed E-state index contributed by atoms with van der Waals surface area (Å²) in [5.74, 6) is -0.607. The third kappa shape index (κ3) is 6.07. The first-order valence-electron chi connectivity index (χ1n) is 11.7. The molecule has 1 amide bonds. The molecule has 3 unspecified atom stereocenters. The molecule has 41 heavy (non-hydrogen) atoms. The fourth-order valence-corrected chi connectivity index (χ4v) is 7.31. The predicted octanol–water partition coefficient (Wildman–Crippen LogP) is 0.843. The Labute approximate surface area is 244 Å². The van der Waals surface area contributed by atoms with Crippen LogP contribution in [0, 0.1) is 5.41 Å². The summed E-state index contributed by atoms with van der Waals surface area (Å²) in [5.41, 5.74) is 1.60. The van der Waals surface area contributed by atoms with Crippen molar-refractivity contribution in [2.24, 2.45) is 9.98 Å². The quantitative estimate of drug-likeness (QED) is 0.259. The number of carbonyl (C=O) groups is 1. The van der Waals surface area contributed by atoms with Crippen LogP contribution in [-0.4, -0.2) is 97.4 Å². The maximum absolute atomic E-state index is 15.8. The first-order valence-corrected chi connectivity index (χ1v) is 17.9. The largest absolute Gasteiger partial charge is 0.387 e. The molecule has 4 aliphatic rings. The van der Waals surface area contributed by atoms with Gasteiger partial charge in [-0.1, -0.05) is 12.2 Å². The van der Waals surface area contributed by atoms with E-state index in [9.17, 15) is 14.3 Å². The van der Waals surface area contributed by atoms with Crippen LogP contribution in [0.4, 0.5) is 4.39 Å². The van der Waals surface area contributed by atoms with Gasteiger partial charge in [-0.3, -0.25) is 39.4 Å². The van der Waals surface area contributed by atoms with E-state index in [1.807, 2.05) is 0 Å². The van der Waals surface area contributed by atoms with Crippen LogP contribution >= 0.6 is 37.1 Å². The zero-order valence-corrected chi connectivity index (χ0v) is 24.7. The molecule has 2 bridgehead atoms. The number of alkyl halides is 1. The summed E-state index contributed by atoms with van der Waals surface area (Å²) in [4.78, 5) is 41.1. The van der Waals surface area contributed by atoms with Crippen molar-refractivity contribution in [3.8, 4) is 10.7 Å². The van der Waals surface area contributed by atoms with Crippen LogP contribution in [0.1, 0.15) is 5.82 Å². The molecule has 23 heteroatoms. The molecule has 6 heterocycles. The highest BCUT2D eigenvalue weighted by atomic mass is 32.7. The number of rotatable bonds is 2. The number of thiazole rings is 1. The lowest BCUT2D eigenvalue weighted by atomic mass is 10.1. The minimum Gasteiger partial charge on any atom is -0.346 e. The second kappa shape index (κ2) is 11.2. The first-order chi connectivity index (χ1) is 19.5. The zero-order chi connectivity index (χ0) is 28.9. The smallest absolute Gasteiger partial charge is 0.346 e. The second-order valence-electron chi connectivity index (χ2n) is 8.74. The van der Waals surface area contributed by atoms with Gasteiger partial charge in [0.05, 0.1) is 36.5 Å². The maximum atomic E-state index is 15.8. The van der Waals surface area contributed by atoms with Crippen molar-refractivity contribution in [3.63, 3.8) is 0 Å². The van der Waals surface area contributed by atoms with Gasteiger partial charge in [0, 0.05) is 6.20 Å². The molecule has 3 N–H and O–H groups in total. The monoisotopic (exact) mass is 667 g/mol. The van der Waals surface area contributed by atoms with Gasteiger partial charge in [0.25, 0.3) is 5.91 Å². The van der Waals surface area contributed by atoms with Gasteiger partial charge in [0.2, 0.25) is 5.96 Å². The molecular formula is C18H20FN9O8P2S3. The molecule has 0 spiro atoms. The molecular weight excluding hydrogens is 647 g/mol. The Kier molecular flexibility index (Phi) is 7.96. The van der Waals surface area contributed by atoms with E-state index in [4.69, 9.17) is 40.0 Å². The van der Waals surface area contributed by atoms with Crippen molar-refractivity contribution in [3.05, 3.63) is 17.5 Å². The SMILES string of the molecule is N=C1N=C2C(N=CN2[C@H]2O[C@@H]3COP(O)(=S)OCCn4nc(-c5cncs5)nc4COP(=O)(S)O[C@@H]2[C@H]3F)C(=O)N1. The van der Waals surface area contributed by atoms with Crippen LogP contribution in [0.2, 0.25) is 0 Å². The second-order valence-corrected chi connectivity index (χ2v) is 15.3. The molecule has 0 radical (unpaired) electrons. The Hall–Kier alpha value is -2.03. The van der Waals surface area contributed by atoms with Crippen molar-refractivity contribution in [2.75, 3.05) is 13.2 Å². The zero-order valence-electron chi connectivity index (χ0n) is 20.4. The number of aliphatic imine (C=N–C) groups is 2. The predicted molar refractivity (Wildman–Crippen MR) is 147 cm³/mol. The Morgan fingerprint density at radius 1 is 1.34 bits per heavy atom. The molecule has 0 aliphatic carbocycles. The van der Waals surface area contributed by atoms with E-state index < -0.39 is 69.2 Å². The fourth-order valence-electron chi connectivity index (χ4n) is 4.26. The summed E-state index contributed by atoms with van der Waals surface area (Å²) in [7, 11) is 0. The number of amidine groups is 1. The normalized spacial score (nSPS) is 36.2. The molecule has 6 rings (SSSR count). The van der Waals surface area contributed by atoms with E-state index >= 15 is 4.39 Å². The fraction of sp³-hybridized carbons (Fsp3) is 0.500. The number of amides is 1. The lowest BCUT2D eigenvalue weighted by Gasteiger charge is -2.30. The van der Waals surface area contributed by atoms with Gasteiger partial charge in [-0.25, -0.2) is 18.6 Å². The van der Waals surface area contributed by atoms with Gasteiger partial charge in [0.1, 0.15) is 18.8 Å². The van der Waals surface area contributed by atoms with Crippen LogP contribution < -0.4 is 5.32 Å². The molecule has 1 fully saturated rings. The molecule has 0 aromatic carbocycles. The van der Waals surface area contributed by atoms with Crippen LogP contribution in [-0.2, 0) is 57.1 Å². The Morgan fingerprint density at radius 2 is 2.17 bits per heavy atom. The van der Waals surface area contributed by atoms with Crippen molar-refractivity contribution in [2.45, 2.75) is 43.8 Å². The number of hydrogen-bond acceptors (Lipinski definition) is 15. The number of hydrogen-bond donors (Lipinski definition) is 4. The van der Waals surface area contributed by atoms with Crippen molar-refractivity contribution >= 4 is 72.9 Å². The lowest BCUT2D eigenvalue weighted by Crippen LogP contribution is -2.53. The Balaban J connectivity index is 1.31. The Morgan fingerprint density at radius 3 is 2.95 bits per heavy atom. The molecule has 7 atom stereocenters. The number of nitrogens with zero attached hydrogens (tertiary/aromatic N) is 7. The number of halogens is 1. The van der Waals surface area contributed by atoms with Gasteiger partial charge in [-0.2, -0.15) is 4.99 Å². The standard InChI is InChI=1S/C18H20FN9O8P2S3/c19-11-8-4-33-37(30,39)32-2-1-28-10(23-14(26-28)9-3-21-7-41-9)5-34-38(31,40)36-13(11)17(35-8)27-6-22-12-15(27)24-18(20)25-16(12)29/h3,6-8,11-13,17H,1-2,4-5H2,(H,30,39)(H,31,40)(H2,20,25,29)/t8-,11+,12?,13-,17+,37?,38?/m1/s1. The van der Waals surface area contributed by atoms with E-state index in [0.717, 1.165) is 0 Å². The van der Waals surface area contributed by atoms with Gasteiger partial charge in [0.15, 0.2) is 35.9 Å². The van der Waals surface area contributed by atoms with E-state index in [2.05, 4.69) is 42.6 Å². The summed E-state index contributed by atoms with van der Waals surface area (Å²) in [5, 5.41) is 14.4. The van der Waals surface area contributed by atoms with Crippen LogP contribution in [0.25, 0.3) is 10.7 Å². The van der Waals surface area contributed by atoms with Gasteiger partial charge in [-0.15, -0.1) is 16.4 Å². The number of nitrogens with one attached hydrogen (secondary N) is 2. The minimum absolute atomic E-state index is 0.0326. The van der Waals surface area contributed by atoms with Gasteiger partial charge < -0.3 is 18.7 Å². The highest BCUT2D eigenvalue weighted by Crippen LogP contribution is 2.57. The van der Waals surface area contributed by atoms with Crippen molar-refractivity contribution in [1.29, 1.82) is 5.41 Å². The molecule has 4 aliphatic heterocycles. The molecule has 17 nitrogen and oxygen atoms in total. The number of fused-ring (bicyclic) bond motifs is 4. The summed E-state index contributed by atoms with van der Waals surface area (Å²) in [6, 6.07) is -1.12. The summed E-state index contributed by atoms with van der Waals surface area (Å²) in [6.45, 7) is -9.25. The third-order valence-corrected chi connectivity index (χ3v) is 10.1. The minimum atomic E-state index is -4.31. The molecule has 2 aromatic heterocycles. The summed E-state index contributed by atoms with van der Waals surface area (Å²) >= 11 is 10.4. The topological polar surface area (TPSA) is 208 Å². The average Bonchev–Trinajstić information content (AvgIpc) is 3.69. The first kappa shape index (κ1) is 29.1. The average molecular weight is 668 g/mol. The van der Waals surface area contributed by atoms with E-state index in [1.54, 1.807) is 11.7 Å². The number of guanidine groups is 1. The summed E-state index contributed by atoms with van der Waals surface area (Å²) in [6.07, 6.45) is -3.73. The highest BCUT2D eigenvalue weighted by Gasteiger charge is 2.54. The van der Waals surface area contributed by atoms with Crippen molar-refractivity contribution < 1.29 is 41.5 Å². The van der Waals surface area contributed by atoms with Gasteiger partial charge in [-0.05, 0) is 11.8 Å². The maximum Gasteiger partial charge on any atom is 0.387 e. The van der Waals surface area contributed by atoms with E-state index in [-0.39, 0.29) is 24.8 Å². The lowest BCUT2D eigenvalue weighted by molar-refractivity contribution is -0.119. The molecule has 0 saturated carbocycles. The molecule has 220 valence electrons. The summed E-state index contributed by atoms with van der Waals surface area (Å²) < 4.78 is 58.2. The number of aromatic nitrogens is 4. The van der Waals surface area contributed by atoms with Crippen molar-refractivity contribution in [1.82, 2.24) is 30.0 Å². The molecule has 2 aromatic rings. The third-order valence-electron chi connectivity index (χ3n) is 6.08. The van der Waals surface area contributed by atoms with E-state index in [1.165, 1.54) is 27.3 Å². The van der Waals surface area contributed by atoms with Crippen LogP contribution in [0.5, 0.6) is 0 Å². The van der Waals surface area contributed by atoms with Crippen LogP contribution in [0.15, 0.2) is 21.7 Å². The molecule has 1 saturated heterocycles. The number of ether oxygens (including phenoxy) is 1. The number of thiol groups is 1. The Bertz CT molecular complexity index is 1530. The van der Waals surface area contributed by atoms with Gasteiger partial charge >= 0.3 is 13.5 Å². The number of carbonyl (C=O) groups excluding carboxylic acids is 1. The van der Waals surface area contributed by atoms with Crippen LogP contribution in [0.3, 0.4) is 0 Å².